The minimum atomic E-state index is 0.988. The van der Waals surface area contributed by atoms with E-state index in [0.717, 1.165) is 16.9 Å². The molecule has 0 aliphatic rings. The van der Waals surface area contributed by atoms with E-state index in [9.17, 15) is 0 Å². The Balaban J connectivity index is 0.000000741. The summed E-state index contributed by atoms with van der Waals surface area (Å²) in [7, 11) is 2.02. The van der Waals surface area contributed by atoms with Crippen molar-refractivity contribution in [2.75, 3.05) is 11.9 Å². The molecule has 0 fully saturated rings. The lowest BCUT2D eigenvalue weighted by Crippen LogP contribution is -2.13. The number of benzene rings is 1. The molecule has 0 amide bonds. The molecular weight excluding hydrogens is 232 g/mol. The van der Waals surface area contributed by atoms with Crippen LogP contribution in [0.5, 0.6) is 0 Å². The second-order valence-electron chi connectivity index (χ2n) is 3.44. The Morgan fingerprint density at radius 1 is 1.00 bits per heavy atom. The van der Waals surface area contributed by atoms with Crippen LogP contribution >= 0.6 is 0 Å². The van der Waals surface area contributed by atoms with Crippen molar-refractivity contribution in [3.05, 3.63) is 60.9 Å². The van der Waals surface area contributed by atoms with Crippen molar-refractivity contribution in [3.8, 4) is 0 Å². The predicted octanol–water partition coefficient (Wildman–Crippen LogP) is 5.17. The van der Waals surface area contributed by atoms with Crippen LogP contribution in [0, 0.1) is 0 Å². The lowest BCUT2D eigenvalue weighted by atomic mass is 10.2. The van der Waals surface area contributed by atoms with E-state index in [4.69, 9.17) is 0 Å². The van der Waals surface area contributed by atoms with Gasteiger partial charge in [-0.2, -0.15) is 0 Å². The van der Waals surface area contributed by atoms with E-state index in [2.05, 4.69) is 28.6 Å². The van der Waals surface area contributed by atoms with Gasteiger partial charge in [-0.15, -0.1) is 0 Å². The van der Waals surface area contributed by atoms with Gasteiger partial charge in [-0.3, -0.25) is 0 Å². The number of hydrogen-bond donors (Lipinski definition) is 1. The Bertz CT molecular complexity index is 430. The quantitative estimate of drug-likeness (QED) is 0.804. The molecule has 0 aliphatic carbocycles. The molecule has 19 heavy (non-hydrogen) atoms. The zero-order valence-corrected chi connectivity index (χ0v) is 12.8. The summed E-state index contributed by atoms with van der Waals surface area (Å²) in [5, 5.41) is 0. The average Bonchev–Trinajstić information content (AvgIpc) is 3.05. The highest BCUT2D eigenvalue weighted by molar-refractivity contribution is 5.76. The van der Waals surface area contributed by atoms with Crippen molar-refractivity contribution in [2.45, 2.75) is 27.7 Å². The summed E-state index contributed by atoms with van der Waals surface area (Å²) < 4.78 is 0. The fourth-order valence-corrected chi connectivity index (χ4v) is 1.50. The van der Waals surface area contributed by atoms with Crippen LogP contribution < -0.4 is 4.90 Å². The topological polar surface area (TPSA) is 19.0 Å². The number of rotatable bonds is 3. The van der Waals surface area contributed by atoms with Crippen LogP contribution in [0.4, 0.5) is 5.69 Å². The fraction of sp³-hybridized carbons (Fsp3) is 0.294. The third kappa shape index (κ3) is 5.04. The fourth-order valence-electron chi connectivity index (χ4n) is 1.50. The maximum atomic E-state index is 4.08. The largest absolute Gasteiger partial charge is 0.367 e. The SMILES string of the molecule is C=C(c1cc[nH]c1)N(C)c1ccccc1.CC.CC. The first-order valence-corrected chi connectivity index (χ1v) is 6.90. The van der Waals surface area contributed by atoms with Crippen LogP contribution in [0.3, 0.4) is 0 Å². The molecule has 0 radical (unpaired) electrons. The molecule has 0 aliphatic heterocycles. The Kier molecular flexibility index (Phi) is 8.98. The smallest absolute Gasteiger partial charge is 0.0423 e. The summed E-state index contributed by atoms with van der Waals surface area (Å²) in [4.78, 5) is 5.10. The molecule has 0 saturated carbocycles. The minimum Gasteiger partial charge on any atom is -0.367 e. The van der Waals surface area contributed by atoms with E-state index in [1.165, 1.54) is 0 Å². The van der Waals surface area contributed by atoms with Gasteiger partial charge >= 0.3 is 0 Å². The van der Waals surface area contributed by atoms with Crippen LogP contribution in [-0.2, 0) is 0 Å². The van der Waals surface area contributed by atoms with Crippen molar-refractivity contribution >= 4 is 11.4 Å². The van der Waals surface area contributed by atoms with E-state index >= 15 is 0 Å². The molecule has 0 saturated heterocycles. The van der Waals surface area contributed by atoms with Crippen LogP contribution in [0.25, 0.3) is 5.70 Å². The van der Waals surface area contributed by atoms with Gasteiger partial charge in [0.2, 0.25) is 0 Å². The van der Waals surface area contributed by atoms with E-state index in [1.807, 2.05) is 71.4 Å². The Labute approximate surface area is 117 Å². The molecule has 2 heteroatoms. The van der Waals surface area contributed by atoms with Gasteiger partial charge in [0.15, 0.2) is 0 Å². The maximum Gasteiger partial charge on any atom is 0.0423 e. The number of H-pyrrole nitrogens is 1. The van der Waals surface area contributed by atoms with Crippen LogP contribution in [0.15, 0.2) is 55.4 Å². The normalized spacial score (nSPS) is 8.47. The number of nitrogens with one attached hydrogen (secondary N) is 1. The average molecular weight is 258 g/mol. The number of hydrogen-bond acceptors (Lipinski definition) is 1. The third-order valence-electron chi connectivity index (χ3n) is 2.48. The monoisotopic (exact) mass is 258 g/mol. The first kappa shape index (κ1) is 17.0. The Morgan fingerprint density at radius 2 is 1.58 bits per heavy atom. The Morgan fingerprint density at radius 3 is 2.05 bits per heavy atom. The lowest BCUT2D eigenvalue weighted by molar-refractivity contribution is 1.22. The molecule has 2 rings (SSSR count). The molecule has 1 N–H and O–H groups in total. The standard InChI is InChI=1S/C13H14N2.2C2H6/c1-11(12-8-9-14-10-12)15(2)13-6-4-3-5-7-13;2*1-2/h3-10,14H,1H2,2H3;2*1-2H3. The Hall–Kier alpha value is -1.96. The number of nitrogens with zero attached hydrogens (tertiary/aromatic N) is 1. The summed E-state index contributed by atoms with van der Waals surface area (Å²) in [6.45, 7) is 12.1. The van der Waals surface area contributed by atoms with E-state index in [-0.39, 0.29) is 0 Å². The third-order valence-corrected chi connectivity index (χ3v) is 2.48. The molecule has 0 bridgehead atoms. The van der Waals surface area contributed by atoms with Crippen molar-refractivity contribution < 1.29 is 0 Å². The van der Waals surface area contributed by atoms with Gasteiger partial charge in [0.1, 0.15) is 0 Å². The predicted molar refractivity (Wildman–Crippen MR) is 87.4 cm³/mol. The summed E-state index contributed by atoms with van der Waals surface area (Å²) in [5.74, 6) is 0. The van der Waals surface area contributed by atoms with Crippen molar-refractivity contribution in [2.24, 2.45) is 0 Å². The van der Waals surface area contributed by atoms with Crippen molar-refractivity contribution in [1.29, 1.82) is 0 Å². The molecule has 0 unspecified atom stereocenters. The van der Waals surface area contributed by atoms with Crippen LogP contribution in [-0.4, -0.2) is 12.0 Å². The van der Waals surface area contributed by atoms with Gasteiger partial charge in [0.05, 0.1) is 0 Å². The van der Waals surface area contributed by atoms with Gasteiger partial charge in [-0.25, -0.2) is 0 Å². The van der Waals surface area contributed by atoms with E-state index < -0.39 is 0 Å². The number of para-hydroxylation sites is 1. The van der Waals surface area contributed by atoms with E-state index in [1.54, 1.807) is 0 Å². The first-order chi connectivity index (χ1) is 9.29. The molecule has 1 aromatic heterocycles. The highest BCUT2D eigenvalue weighted by atomic mass is 15.1. The van der Waals surface area contributed by atoms with Gasteiger partial charge in [-0.05, 0) is 18.2 Å². The second-order valence-corrected chi connectivity index (χ2v) is 3.44. The summed E-state index contributed by atoms with van der Waals surface area (Å²) in [6.07, 6.45) is 3.85. The van der Waals surface area contributed by atoms with Crippen molar-refractivity contribution in [1.82, 2.24) is 4.98 Å². The molecule has 1 heterocycles. The number of aromatic amines is 1. The first-order valence-electron chi connectivity index (χ1n) is 6.90. The zero-order chi connectivity index (χ0) is 14.7. The van der Waals surface area contributed by atoms with Crippen LogP contribution in [0.2, 0.25) is 0 Å². The van der Waals surface area contributed by atoms with Gasteiger partial charge in [-0.1, -0.05) is 52.5 Å². The molecular formula is C17H26N2. The summed E-state index contributed by atoms with van der Waals surface area (Å²) in [5.41, 5.74) is 3.24. The molecule has 0 spiro atoms. The molecule has 2 nitrogen and oxygen atoms in total. The highest BCUT2D eigenvalue weighted by Gasteiger charge is 2.06. The second kappa shape index (κ2) is 10.0. The molecule has 2 aromatic rings. The summed E-state index contributed by atoms with van der Waals surface area (Å²) in [6, 6.07) is 12.2. The summed E-state index contributed by atoms with van der Waals surface area (Å²) >= 11 is 0. The van der Waals surface area contributed by atoms with E-state index in [0.29, 0.717) is 0 Å². The lowest BCUT2D eigenvalue weighted by Gasteiger charge is -2.20. The van der Waals surface area contributed by atoms with Gasteiger partial charge in [0, 0.05) is 36.4 Å². The van der Waals surface area contributed by atoms with Crippen molar-refractivity contribution in [3.63, 3.8) is 0 Å². The molecule has 0 atom stereocenters. The van der Waals surface area contributed by atoms with Crippen LogP contribution in [0.1, 0.15) is 33.3 Å². The molecule has 104 valence electrons. The minimum absolute atomic E-state index is 0.988. The van der Waals surface area contributed by atoms with Gasteiger partial charge < -0.3 is 9.88 Å². The molecule has 1 aromatic carbocycles. The maximum absolute atomic E-state index is 4.08. The highest BCUT2D eigenvalue weighted by Crippen LogP contribution is 2.22. The number of aromatic nitrogens is 1. The number of anilines is 1. The van der Waals surface area contributed by atoms with Gasteiger partial charge in [0.25, 0.3) is 0 Å². The zero-order valence-electron chi connectivity index (χ0n) is 12.8.